The predicted octanol–water partition coefficient (Wildman–Crippen LogP) is 3.00. The van der Waals surface area contributed by atoms with E-state index in [1.165, 1.54) is 0 Å². The highest BCUT2D eigenvalue weighted by Gasteiger charge is 2.42. The molecule has 1 aromatic heterocycles. The van der Waals surface area contributed by atoms with Crippen LogP contribution in [-0.4, -0.2) is 48.0 Å². The highest BCUT2D eigenvalue weighted by Crippen LogP contribution is 2.38. The summed E-state index contributed by atoms with van der Waals surface area (Å²) < 4.78 is 5.87. The van der Waals surface area contributed by atoms with E-state index in [9.17, 15) is 14.7 Å². The molecule has 2 aromatic carbocycles. The van der Waals surface area contributed by atoms with Gasteiger partial charge in [-0.05, 0) is 56.9 Å². The third-order valence-electron chi connectivity index (χ3n) is 5.06. The molecule has 1 N–H and O–H groups in total. The maximum atomic E-state index is 13.3. The number of carbonyl (C=O) groups excluding carboxylic acids is 1. The van der Waals surface area contributed by atoms with Gasteiger partial charge in [0.15, 0.2) is 5.43 Å². The normalized spacial score (nSPS) is 16.2. The van der Waals surface area contributed by atoms with Gasteiger partial charge in [0.1, 0.15) is 11.3 Å². The summed E-state index contributed by atoms with van der Waals surface area (Å²) in [7, 11) is 3.95. The number of fused-ring (bicyclic) bond motifs is 2. The fourth-order valence-electron chi connectivity index (χ4n) is 3.80. The van der Waals surface area contributed by atoms with E-state index in [0.29, 0.717) is 28.6 Å². The largest absolute Gasteiger partial charge is 0.508 e. The molecular weight excluding hydrogens is 356 g/mol. The number of amides is 1. The summed E-state index contributed by atoms with van der Waals surface area (Å²) in [5, 5.41) is 10.4. The van der Waals surface area contributed by atoms with E-state index >= 15 is 0 Å². The number of para-hydroxylation sites is 1. The van der Waals surface area contributed by atoms with E-state index in [-0.39, 0.29) is 22.8 Å². The molecule has 2 heterocycles. The van der Waals surface area contributed by atoms with Crippen molar-refractivity contribution in [3.63, 3.8) is 0 Å². The number of benzene rings is 2. The zero-order chi connectivity index (χ0) is 19.8. The van der Waals surface area contributed by atoms with Crippen molar-refractivity contribution in [1.82, 2.24) is 9.80 Å². The Morgan fingerprint density at radius 3 is 2.64 bits per heavy atom. The van der Waals surface area contributed by atoms with Crippen LogP contribution in [0.2, 0.25) is 0 Å². The molecule has 0 bridgehead atoms. The molecule has 0 spiro atoms. The zero-order valence-corrected chi connectivity index (χ0v) is 15.9. The molecule has 1 aliphatic rings. The van der Waals surface area contributed by atoms with Crippen molar-refractivity contribution in [2.75, 3.05) is 27.2 Å². The summed E-state index contributed by atoms with van der Waals surface area (Å²) >= 11 is 0. The lowest BCUT2D eigenvalue weighted by Crippen LogP contribution is -2.32. The Morgan fingerprint density at radius 2 is 1.89 bits per heavy atom. The fourth-order valence-corrected chi connectivity index (χ4v) is 3.80. The molecule has 3 aromatic rings. The van der Waals surface area contributed by atoms with Crippen LogP contribution in [0.4, 0.5) is 0 Å². The van der Waals surface area contributed by atoms with Gasteiger partial charge in [-0.25, -0.2) is 0 Å². The van der Waals surface area contributed by atoms with Crippen molar-refractivity contribution in [2.24, 2.45) is 0 Å². The zero-order valence-electron chi connectivity index (χ0n) is 15.9. The first-order valence-electron chi connectivity index (χ1n) is 9.27. The number of hydrogen-bond donors (Lipinski definition) is 1. The number of phenols is 1. The summed E-state index contributed by atoms with van der Waals surface area (Å²) in [6, 6.07) is 13.1. The minimum absolute atomic E-state index is 0.0943. The van der Waals surface area contributed by atoms with E-state index in [4.69, 9.17) is 4.42 Å². The van der Waals surface area contributed by atoms with E-state index < -0.39 is 6.04 Å². The summed E-state index contributed by atoms with van der Waals surface area (Å²) in [6.45, 7) is 1.30. The van der Waals surface area contributed by atoms with Gasteiger partial charge in [-0.1, -0.05) is 24.3 Å². The SMILES string of the molecule is CN(C)CCCN1C(=O)c2oc3ccccc3c(=O)c2C1c1cccc(O)c1. The Kier molecular flexibility index (Phi) is 4.65. The number of hydrogen-bond acceptors (Lipinski definition) is 5. The van der Waals surface area contributed by atoms with Crippen LogP contribution in [0, 0.1) is 0 Å². The average molecular weight is 378 g/mol. The van der Waals surface area contributed by atoms with Crippen LogP contribution in [0.5, 0.6) is 5.75 Å². The lowest BCUT2D eigenvalue weighted by atomic mass is 9.98. The summed E-state index contributed by atoms with van der Waals surface area (Å²) in [4.78, 5) is 30.1. The molecule has 0 aliphatic carbocycles. The van der Waals surface area contributed by atoms with Crippen LogP contribution in [0.1, 0.15) is 34.1 Å². The van der Waals surface area contributed by atoms with Gasteiger partial charge in [-0.2, -0.15) is 0 Å². The van der Waals surface area contributed by atoms with Crippen molar-refractivity contribution in [3.8, 4) is 5.75 Å². The molecule has 144 valence electrons. The second-order valence-corrected chi connectivity index (χ2v) is 7.32. The van der Waals surface area contributed by atoms with Crippen LogP contribution < -0.4 is 5.43 Å². The topological polar surface area (TPSA) is 74.0 Å². The molecule has 0 saturated carbocycles. The highest BCUT2D eigenvalue weighted by molar-refractivity contribution is 5.99. The van der Waals surface area contributed by atoms with Crippen LogP contribution >= 0.6 is 0 Å². The third-order valence-corrected chi connectivity index (χ3v) is 5.06. The van der Waals surface area contributed by atoms with Crippen molar-refractivity contribution >= 4 is 16.9 Å². The van der Waals surface area contributed by atoms with Gasteiger partial charge in [0, 0.05) is 6.54 Å². The number of aromatic hydroxyl groups is 1. The lowest BCUT2D eigenvalue weighted by molar-refractivity contribution is 0.0722. The Labute approximate surface area is 162 Å². The van der Waals surface area contributed by atoms with E-state index in [1.54, 1.807) is 47.4 Å². The van der Waals surface area contributed by atoms with Gasteiger partial charge in [0.05, 0.1) is 17.0 Å². The van der Waals surface area contributed by atoms with Gasteiger partial charge >= 0.3 is 0 Å². The van der Waals surface area contributed by atoms with E-state index in [1.807, 2.05) is 20.2 Å². The van der Waals surface area contributed by atoms with E-state index in [0.717, 1.165) is 13.0 Å². The second kappa shape index (κ2) is 7.13. The lowest BCUT2D eigenvalue weighted by Gasteiger charge is -2.25. The number of phenolic OH excluding ortho intramolecular Hbond substituents is 1. The number of carbonyl (C=O) groups is 1. The molecule has 0 radical (unpaired) electrons. The first-order chi connectivity index (χ1) is 13.5. The molecule has 28 heavy (non-hydrogen) atoms. The van der Waals surface area contributed by atoms with Crippen molar-refractivity contribution in [2.45, 2.75) is 12.5 Å². The standard InChI is InChI=1S/C22H22N2O4/c1-23(2)11-6-12-24-19(14-7-5-8-15(25)13-14)18-20(26)16-9-3-4-10-17(16)28-21(18)22(24)27/h3-5,7-10,13,19,25H,6,11-12H2,1-2H3. The van der Waals surface area contributed by atoms with Gasteiger partial charge in [-0.3, -0.25) is 9.59 Å². The van der Waals surface area contributed by atoms with Gasteiger partial charge < -0.3 is 19.3 Å². The molecule has 0 saturated heterocycles. The monoisotopic (exact) mass is 378 g/mol. The molecular formula is C22H22N2O4. The molecule has 6 nitrogen and oxygen atoms in total. The molecule has 0 fully saturated rings. The Morgan fingerprint density at radius 1 is 1.11 bits per heavy atom. The molecule has 6 heteroatoms. The fraction of sp³-hybridized carbons (Fsp3) is 0.273. The Bertz CT molecular complexity index is 1100. The summed E-state index contributed by atoms with van der Waals surface area (Å²) in [6.07, 6.45) is 0.760. The highest BCUT2D eigenvalue weighted by atomic mass is 16.3. The van der Waals surface area contributed by atoms with Crippen molar-refractivity contribution in [3.05, 3.63) is 75.6 Å². The van der Waals surface area contributed by atoms with Crippen molar-refractivity contribution < 1.29 is 14.3 Å². The number of nitrogens with zero attached hydrogens (tertiary/aromatic N) is 2. The summed E-state index contributed by atoms with van der Waals surface area (Å²) in [5.41, 5.74) is 1.25. The molecule has 1 amide bonds. The quantitative estimate of drug-likeness (QED) is 0.739. The third kappa shape index (κ3) is 3.05. The Hall–Kier alpha value is -3.12. The molecule has 1 aliphatic heterocycles. The second-order valence-electron chi connectivity index (χ2n) is 7.32. The van der Waals surface area contributed by atoms with Crippen LogP contribution in [0.15, 0.2) is 57.7 Å². The first-order valence-corrected chi connectivity index (χ1v) is 9.27. The number of rotatable bonds is 5. The molecule has 1 atom stereocenters. The van der Waals surface area contributed by atoms with Gasteiger partial charge in [-0.15, -0.1) is 0 Å². The predicted molar refractivity (Wildman–Crippen MR) is 107 cm³/mol. The van der Waals surface area contributed by atoms with Gasteiger partial charge in [0.2, 0.25) is 5.76 Å². The molecule has 4 rings (SSSR count). The van der Waals surface area contributed by atoms with Gasteiger partial charge in [0.25, 0.3) is 5.91 Å². The molecule has 1 unspecified atom stereocenters. The van der Waals surface area contributed by atoms with Crippen LogP contribution in [-0.2, 0) is 0 Å². The van der Waals surface area contributed by atoms with Crippen molar-refractivity contribution in [1.29, 1.82) is 0 Å². The minimum Gasteiger partial charge on any atom is -0.508 e. The first kappa shape index (κ1) is 18.3. The Balaban J connectivity index is 1.88. The van der Waals surface area contributed by atoms with Crippen LogP contribution in [0.3, 0.4) is 0 Å². The smallest absolute Gasteiger partial charge is 0.290 e. The minimum atomic E-state index is -0.572. The van der Waals surface area contributed by atoms with E-state index in [2.05, 4.69) is 4.90 Å². The van der Waals surface area contributed by atoms with Crippen LogP contribution in [0.25, 0.3) is 11.0 Å². The average Bonchev–Trinajstić information content (AvgIpc) is 2.94. The summed E-state index contributed by atoms with van der Waals surface area (Å²) in [5.74, 6) is -0.0938. The maximum Gasteiger partial charge on any atom is 0.290 e. The maximum absolute atomic E-state index is 13.3.